The fourth-order valence-electron chi connectivity index (χ4n) is 5.21. The summed E-state index contributed by atoms with van der Waals surface area (Å²) in [6.45, 7) is 7.89. The number of nitrogens with one attached hydrogen (secondary N) is 1. The molecule has 1 aliphatic carbocycles. The maximum absolute atomic E-state index is 13.3. The van der Waals surface area contributed by atoms with E-state index in [1.165, 1.54) is 11.3 Å². The van der Waals surface area contributed by atoms with Gasteiger partial charge in [0.2, 0.25) is 12.7 Å². The Balaban J connectivity index is 1.34. The lowest BCUT2D eigenvalue weighted by Gasteiger charge is -2.37. The molecule has 3 aliphatic rings. The SMILES string of the molecule is CC(C)(C)C1Cc2cc(NC(=O)C3(c4ccc5c(c4)OCO5)CC3)ccc2N1CCCC=O. The Morgan fingerprint density at radius 3 is 2.67 bits per heavy atom. The van der Waals surface area contributed by atoms with Crippen molar-refractivity contribution in [1.29, 1.82) is 0 Å². The van der Waals surface area contributed by atoms with Crippen LogP contribution in [0.25, 0.3) is 0 Å². The zero-order valence-electron chi connectivity index (χ0n) is 19.6. The first-order valence-electron chi connectivity index (χ1n) is 11.9. The summed E-state index contributed by atoms with van der Waals surface area (Å²) in [7, 11) is 0. The summed E-state index contributed by atoms with van der Waals surface area (Å²) in [5.41, 5.74) is 3.92. The highest BCUT2D eigenvalue weighted by molar-refractivity contribution is 6.01. The van der Waals surface area contributed by atoms with Gasteiger partial charge in [-0.2, -0.15) is 0 Å². The van der Waals surface area contributed by atoms with Crippen LogP contribution in [0.4, 0.5) is 11.4 Å². The van der Waals surface area contributed by atoms with E-state index in [2.05, 4.69) is 43.1 Å². The molecule has 6 nitrogen and oxygen atoms in total. The van der Waals surface area contributed by atoms with Gasteiger partial charge in [0.05, 0.1) is 5.41 Å². The number of rotatable bonds is 7. The summed E-state index contributed by atoms with van der Waals surface area (Å²) in [6, 6.07) is 12.4. The summed E-state index contributed by atoms with van der Waals surface area (Å²) in [5.74, 6) is 1.49. The normalized spacial score (nSPS) is 19.8. The molecule has 1 saturated carbocycles. The Labute approximate surface area is 195 Å². The molecular weight excluding hydrogens is 416 g/mol. The van der Waals surface area contributed by atoms with E-state index in [0.29, 0.717) is 18.2 Å². The van der Waals surface area contributed by atoms with Gasteiger partial charge in [-0.05, 0) is 72.6 Å². The Morgan fingerprint density at radius 2 is 1.94 bits per heavy atom. The third-order valence-corrected chi connectivity index (χ3v) is 7.27. The number of nitrogens with zero attached hydrogens (tertiary/aromatic N) is 1. The van der Waals surface area contributed by atoms with Crippen LogP contribution in [0.5, 0.6) is 11.5 Å². The van der Waals surface area contributed by atoms with Crippen LogP contribution >= 0.6 is 0 Å². The molecule has 0 spiro atoms. The molecule has 2 aromatic rings. The molecule has 2 aliphatic heterocycles. The maximum Gasteiger partial charge on any atom is 0.235 e. The van der Waals surface area contributed by atoms with Gasteiger partial charge in [-0.1, -0.05) is 26.8 Å². The minimum atomic E-state index is -0.491. The number of hydrogen-bond acceptors (Lipinski definition) is 5. The van der Waals surface area contributed by atoms with Gasteiger partial charge in [-0.15, -0.1) is 0 Å². The van der Waals surface area contributed by atoms with Crippen molar-refractivity contribution in [3.8, 4) is 11.5 Å². The van der Waals surface area contributed by atoms with Crippen molar-refractivity contribution in [2.24, 2.45) is 5.41 Å². The number of ether oxygens (including phenoxy) is 2. The lowest BCUT2D eigenvalue weighted by atomic mass is 9.84. The van der Waals surface area contributed by atoms with Crippen LogP contribution in [0.15, 0.2) is 36.4 Å². The number of carbonyl (C=O) groups is 2. The van der Waals surface area contributed by atoms with Crippen molar-refractivity contribution in [3.05, 3.63) is 47.5 Å². The number of aldehydes is 1. The number of fused-ring (bicyclic) bond motifs is 2. The van der Waals surface area contributed by atoms with Gasteiger partial charge in [0.1, 0.15) is 6.29 Å². The molecule has 2 aromatic carbocycles. The second-order valence-corrected chi connectivity index (χ2v) is 10.5. The third kappa shape index (κ3) is 3.96. The molecule has 1 fully saturated rings. The van der Waals surface area contributed by atoms with Gasteiger partial charge < -0.3 is 24.5 Å². The standard InChI is InChI=1S/C27H32N2O4/c1-26(2,3)24-15-18-14-20(7-8-21(18)29(24)12-4-5-13-30)28-25(31)27(10-11-27)19-6-9-22-23(16-19)33-17-32-22/h6-9,13-14,16,24H,4-5,10-12,15,17H2,1-3H3,(H,28,31). The molecule has 0 aromatic heterocycles. The molecule has 1 unspecified atom stereocenters. The molecule has 1 N–H and O–H groups in total. The van der Waals surface area contributed by atoms with Gasteiger partial charge in [0, 0.05) is 30.4 Å². The summed E-state index contributed by atoms with van der Waals surface area (Å²) >= 11 is 0. The molecule has 2 heterocycles. The Morgan fingerprint density at radius 1 is 1.15 bits per heavy atom. The molecule has 0 bridgehead atoms. The van der Waals surface area contributed by atoms with E-state index in [-0.39, 0.29) is 18.1 Å². The minimum absolute atomic E-state index is 0.0366. The predicted molar refractivity (Wildman–Crippen MR) is 128 cm³/mol. The van der Waals surface area contributed by atoms with Gasteiger partial charge in [-0.3, -0.25) is 4.79 Å². The van der Waals surface area contributed by atoms with E-state index in [4.69, 9.17) is 9.47 Å². The average molecular weight is 449 g/mol. The topological polar surface area (TPSA) is 67.9 Å². The molecule has 1 atom stereocenters. The zero-order valence-corrected chi connectivity index (χ0v) is 19.6. The van der Waals surface area contributed by atoms with E-state index in [1.54, 1.807) is 0 Å². The molecular formula is C27H32N2O4. The Kier molecular flexibility index (Phi) is 5.34. The maximum atomic E-state index is 13.3. The van der Waals surface area contributed by atoms with E-state index in [9.17, 15) is 9.59 Å². The minimum Gasteiger partial charge on any atom is -0.454 e. The number of benzene rings is 2. The first-order chi connectivity index (χ1) is 15.8. The number of anilines is 2. The molecule has 1 amide bonds. The van der Waals surface area contributed by atoms with E-state index in [0.717, 1.165) is 55.5 Å². The van der Waals surface area contributed by atoms with Crippen LogP contribution < -0.4 is 19.7 Å². The van der Waals surface area contributed by atoms with Crippen LogP contribution in [0.2, 0.25) is 0 Å². The van der Waals surface area contributed by atoms with Crippen molar-refractivity contribution in [2.75, 3.05) is 23.6 Å². The van der Waals surface area contributed by atoms with Crippen LogP contribution in [-0.4, -0.2) is 31.6 Å². The Hall–Kier alpha value is -3.02. The number of carbonyl (C=O) groups excluding carboxylic acids is 2. The number of hydrogen-bond donors (Lipinski definition) is 1. The quantitative estimate of drug-likeness (QED) is 0.485. The van der Waals surface area contributed by atoms with Crippen molar-refractivity contribution >= 4 is 23.6 Å². The van der Waals surface area contributed by atoms with Gasteiger partial charge >= 0.3 is 0 Å². The highest BCUT2D eigenvalue weighted by Gasteiger charge is 2.51. The number of amides is 1. The third-order valence-electron chi connectivity index (χ3n) is 7.27. The largest absolute Gasteiger partial charge is 0.454 e. The first kappa shape index (κ1) is 21.8. The van der Waals surface area contributed by atoms with Crippen LogP contribution in [0, 0.1) is 5.41 Å². The van der Waals surface area contributed by atoms with E-state index < -0.39 is 5.41 Å². The van der Waals surface area contributed by atoms with Crippen LogP contribution in [0.1, 0.15) is 57.6 Å². The van der Waals surface area contributed by atoms with E-state index in [1.807, 2.05) is 24.3 Å². The van der Waals surface area contributed by atoms with E-state index >= 15 is 0 Å². The van der Waals surface area contributed by atoms with Gasteiger partial charge in [-0.25, -0.2) is 0 Å². The molecule has 33 heavy (non-hydrogen) atoms. The van der Waals surface area contributed by atoms with Crippen molar-refractivity contribution in [2.45, 2.75) is 64.3 Å². The summed E-state index contributed by atoms with van der Waals surface area (Å²) in [4.78, 5) is 26.6. The molecule has 5 rings (SSSR count). The lowest BCUT2D eigenvalue weighted by molar-refractivity contribution is -0.118. The summed E-state index contributed by atoms with van der Waals surface area (Å²) in [6.07, 6.45) is 5.04. The zero-order chi connectivity index (χ0) is 23.2. The van der Waals surface area contributed by atoms with Crippen LogP contribution in [0.3, 0.4) is 0 Å². The monoisotopic (exact) mass is 448 g/mol. The summed E-state index contributed by atoms with van der Waals surface area (Å²) in [5, 5.41) is 3.19. The molecule has 174 valence electrons. The van der Waals surface area contributed by atoms with Crippen LogP contribution in [-0.2, 0) is 21.4 Å². The molecule has 0 radical (unpaired) electrons. The second-order valence-electron chi connectivity index (χ2n) is 10.5. The fraction of sp³-hybridized carbons (Fsp3) is 0.481. The predicted octanol–water partition coefficient (Wildman–Crippen LogP) is 4.84. The number of unbranched alkanes of at least 4 members (excludes halogenated alkanes) is 1. The lowest BCUT2D eigenvalue weighted by Crippen LogP contribution is -2.42. The molecule has 6 heteroatoms. The van der Waals surface area contributed by atoms with Gasteiger partial charge in [0.25, 0.3) is 0 Å². The van der Waals surface area contributed by atoms with Gasteiger partial charge in [0.15, 0.2) is 11.5 Å². The highest BCUT2D eigenvalue weighted by atomic mass is 16.7. The average Bonchev–Trinajstić information content (AvgIpc) is 3.31. The smallest absolute Gasteiger partial charge is 0.235 e. The van der Waals surface area contributed by atoms with Crippen molar-refractivity contribution < 1.29 is 19.1 Å². The Bertz CT molecular complexity index is 1080. The highest BCUT2D eigenvalue weighted by Crippen LogP contribution is 2.51. The summed E-state index contributed by atoms with van der Waals surface area (Å²) < 4.78 is 10.9. The second kappa shape index (κ2) is 8.08. The van der Waals surface area contributed by atoms with Crippen molar-refractivity contribution in [1.82, 2.24) is 0 Å². The fourth-order valence-corrected chi connectivity index (χ4v) is 5.21. The van der Waals surface area contributed by atoms with Crippen molar-refractivity contribution in [3.63, 3.8) is 0 Å². The molecule has 0 saturated heterocycles. The first-order valence-corrected chi connectivity index (χ1v) is 11.9.